The summed E-state index contributed by atoms with van der Waals surface area (Å²) in [5.41, 5.74) is 1.55. The molecule has 3 aromatic heterocycles. The van der Waals surface area contributed by atoms with Gasteiger partial charge in [0.1, 0.15) is 36.0 Å². The van der Waals surface area contributed by atoms with E-state index in [0.717, 1.165) is 4.68 Å². The number of hydrogen-bond acceptors (Lipinski definition) is 4. The maximum absolute atomic E-state index is 13.4. The van der Waals surface area contributed by atoms with Crippen LogP contribution in [0.3, 0.4) is 0 Å². The molecule has 0 aliphatic carbocycles. The first-order valence-electron chi connectivity index (χ1n) is 10.1. The summed E-state index contributed by atoms with van der Waals surface area (Å²) >= 11 is 0. The number of halogens is 4. The Labute approximate surface area is 179 Å². The summed E-state index contributed by atoms with van der Waals surface area (Å²) in [6.45, 7) is -0.828. The SMILES string of the molecule is O=C(c1cc2c(cn1)c(-c1coc3ccccc13)nn2CC(F)(F)F)N1CCC(F)CC1. The van der Waals surface area contributed by atoms with Crippen molar-refractivity contribution in [2.24, 2.45) is 0 Å². The van der Waals surface area contributed by atoms with Crippen molar-refractivity contribution in [3.05, 3.63) is 48.5 Å². The van der Waals surface area contributed by atoms with Crippen molar-refractivity contribution in [3.8, 4) is 11.3 Å². The van der Waals surface area contributed by atoms with Crippen molar-refractivity contribution >= 4 is 27.8 Å². The van der Waals surface area contributed by atoms with Gasteiger partial charge in [0.05, 0.1) is 5.52 Å². The number of rotatable bonds is 3. The molecule has 166 valence electrons. The number of benzene rings is 1. The minimum Gasteiger partial charge on any atom is -0.464 e. The largest absolute Gasteiger partial charge is 0.464 e. The van der Waals surface area contributed by atoms with Crippen LogP contribution in [-0.4, -0.2) is 51.0 Å². The standard InChI is InChI=1S/C22H18F4N4O2/c23-13-5-7-29(8-6-13)21(31)17-9-18-15(10-27-17)20(28-30(18)12-22(24,25)26)16-11-32-19-4-2-1-3-14(16)19/h1-4,9-11,13H,5-8,12H2. The lowest BCUT2D eigenvalue weighted by atomic mass is 10.1. The summed E-state index contributed by atoms with van der Waals surface area (Å²) < 4.78 is 59.5. The molecule has 1 amide bonds. The van der Waals surface area contributed by atoms with E-state index in [0.29, 0.717) is 27.6 Å². The number of carbonyl (C=O) groups excluding carboxylic acids is 1. The van der Waals surface area contributed by atoms with E-state index in [1.165, 1.54) is 23.4 Å². The molecule has 0 unspecified atom stereocenters. The van der Waals surface area contributed by atoms with E-state index in [-0.39, 0.29) is 37.1 Å². The molecule has 32 heavy (non-hydrogen) atoms. The van der Waals surface area contributed by atoms with Gasteiger partial charge in [-0.25, -0.2) is 4.39 Å². The maximum atomic E-state index is 13.4. The van der Waals surface area contributed by atoms with E-state index in [9.17, 15) is 22.4 Å². The second kappa shape index (κ2) is 7.61. The lowest BCUT2D eigenvalue weighted by molar-refractivity contribution is -0.141. The molecule has 0 atom stereocenters. The van der Waals surface area contributed by atoms with Gasteiger partial charge in [0.2, 0.25) is 0 Å². The number of amides is 1. The van der Waals surface area contributed by atoms with E-state index >= 15 is 0 Å². The average Bonchev–Trinajstić information content (AvgIpc) is 3.34. The molecule has 0 radical (unpaired) electrons. The molecular weight excluding hydrogens is 428 g/mol. The van der Waals surface area contributed by atoms with E-state index in [2.05, 4.69) is 10.1 Å². The summed E-state index contributed by atoms with van der Waals surface area (Å²) in [4.78, 5) is 18.5. The highest BCUT2D eigenvalue weighted by Gasteiger charge is 2.31. The number of hydrogen-bond donors (Lipinski definition) is 0. The van der Waals surface area contributed by atoms with Crippen molar-refractivity contribution < 1.29 is 26.8 Å². The summed E-state index contributed by atoms with van der Waals surface area (Å²) in [6, 6.07) is 8.46. The number of furan rings is 1. The van der Waals surface area contributed by atoms with Gasteiger partial charge in [-0.15, -0.1) is 0 Å². The lowest BCUT2D eigenvalue weighted by Gasteiger charge is -2.28. The molecule has 1 aliphatic heterocycles. The normalized spacial score (nSPS) is 15.7. The van der Waals surface area contributed by atoms with Crippen LogP contribution in [-0.2, 0) is 6.54 Å². The van der Waals surface area contributed by atoms with Crippen LogP contribution in [0.25, 0.3) is 33.1 Å². The zero-order chi connectivity index (χ0) is 22.5. The van der Waals surface area contributed by atoms with Gasteiger partial charge < -0.3 is 9.32 Å². The summed E-state index contributed by atoms with van der Waals surface area (Å²) in [7, 11) is 0. The third-order valence-corrected chi connectivity index (χ3v) is 5.63. The van der Waals surface area contributed by atoms with Gasteiger partial charge in [-0.3, -0.25) is 14.5 Å². The zero-order valence-corrected chi connectivity index (χ0v) is 16.8. The minimum atomic E-state index is -4.51. The molecule has 1 fully saturated rings. The Kier molecular flexibility index (Phi) is 4.87. The first kappa shape index (κ1) is 20.5. The number of alkyl halides is 4. The summed E-state index contributed by atoms with van der Waals surface area (Å²) in [5, 5.41) is 5.30. The molecule has 0 N–H and O–H groups in total. The highest BCUT2D eigenvalue weighted by molar-refractivity contribution is 6.03. The van der Waals surface area contributed by atoms with Gasteiger partial charge in [-0.2, -0.15) is 18.3 Å². The molecule has 4 aromatic rings. The molecule has 6 nitrogen and oxygen atoms in total. The summed E-state index contributed by atoms with van der Waals surface area (Å²) in [5.74, 6) is -0.436. The number of nitrogens with zero attached hydrogens (tertiary/aromatic N) is 4. The topological polar surface area (TPSA) is 64.2 Å². The molecule has 0 saturated carbocycles. The van der Waals surface area contributed by atoms with Gasteiger partial charge in [-0.1, -0.05) is 18.2 Å². The van der Waals surface area contributed by atoms with Crippen LogP contribution in [0.15, 0.2) is 47.2 Å². The van der Waals surface area contributed by atoms with E-state index in [1.807, 2.05) is 0 Å². The number of piperidine rings is 1. The molecule has 5 rings (SSSR count). The predicted octanol–water partition coefficient (Wildman–Crippen LogP) is 4.98. The number of aromatic nitrogens is 3. The Morgan fingerprint density at radius 3 is 2.66 bits per heavy atom. The molecule has 4 heterocycles. The van der Waals surface area contributed by atoms with E-state index in [1.54, 1.807) is 24.3 Å². The highest BCUT2D eigenvalue weighted by atomic mass is 19.4. The second-order valence-electron chi connectivity index (χ2n) is 7.82. The van der Waals surface area contributed by atoms with Crippen molar-refractivity contribution in [1.29, 1.82) is 0 Å². The van der Waals surface area contributed by atoms with E-state index < -0.39 is 24.8 Å². The minimum absolute atomic E-state index is 0.00161. The van der Waals surface area contributed by atoms with Gasteiger partial charge in [0.25, 0.3) is 5.91 Å². The number of pyridine rings is 1. The van der Waals surface area contributed by atoms with Crippen LogP contribution >= 0.6 is 0 Å². The fourth-order valence-corrected chi connectivity index (χ4v) is 4.05. The second-order valence-corrected chi connectivity index (χ2v) is 7.82. The monoisotopic (exact) mass is 446 g/mol. The predicted molar refractivity (Wildman–Crippen MR) is 109 cm³/mol. The third kappa shape index (κ3) is 3.69. The van der Waals surface area contributed by atoms with Crippen LogP contribution in [0.1, 0.15) is 23.3 Å². The Bertz CT molecular complexity index is 1300. The molecule has 1 saturated heterocycles. The molecule has 1 aromatic carbocycles. The van der Waals surface area contributed by atoms with Crippen LogP contribution in [0.4, 0.5) is 17.6 Å². The first-order chi connectivity index (χ1) is 15.3. The van der Waals surface area contributed by atoms with Crippen LogP contribution in [0, 0.1) is 0 Å². The molecule has 1 aliphatic rings. The zero-order valence-electron chi connectivity index (χ0n) is 16.8. The average molecular weight is 446 g/mol. The first-order valence-corrected chi connectivity index (χ1v) is 10.1. The maximum Gasteiger partial charge on any atom is 0.408 e. The smallest absolute Gasteiger partial charge is 0.408 e. The Morgan fingerprint density at radius 1 is 1.16 bits per heavy atom. The summed E-state index contributed by atoms with van der Waals surface area (Å²) in [6.07, 6.45) is -2.18. The lowest BCUT2D eigenvalue weighted by Crippen LogP contribution is -2.39. The van der Waals surface area contributed by atoms with Crippen LogP contribution in [0.5, 0.6) is 0 Å². The Balaban J connectivity index is 1.61. The quantitative estimate of drug-likeness (QED) is 0.417. The van der Waals surface area contributed by atoms with Crippen molar-refractivity contribution in [3.63, 3.8) is 0 Å². The molecule has 0 bridgehead atoms. The number of para-hydroxylation sites is 1. The fourth-order valence-electron chi connectivity index (χ4n) is 4.05. The van der Waals surface area contributed by atoms with Crippen molar-refractivity contribution in [2.75, 3.05) is 13.1 Å². The van der Waals surface area contributed by atoms with Gasteiger partial charge >= 0.3 is 6.18 Å². The number of likely N-dealkylation sites (tertiary alicyclic amines) is 1. The van der Waals surface area contributed by atoms with Gasteiger partial charge in [0.15, 0.2) is 0 Å². The van der Waals surface area contributed by atoms with Gasteiger partial charge in [0, 0.05) is 35.6 Å². The number of fused-ring (bicyclic) bond motifs is 2. The Hall–Kier alpha value is -3.43. The molecule has 10 heteroatoms. The van der Waals surface area contributed by atoms with Crippen molar-refractivity contribution in [1.82, 2.24) is 19.7 Å². The fraction of sp³-hybridized carbons (Fsp3) is 0.318. The molecular formula is C22H18F4N4O2. The highest BCUT2D eigenvalue weighted by Crippen LogP contribution is 2.35. The molecule has 0 spiro atoms. The number of carbonyl (C=O) groups is 1. The van der Waals surface area contributed by atoms with Crippen LogP contribution in [0.2, 0.25) is 0 Å². The van der Waals surface area contributed by atoms with Crippen molar-refractivity contribution in [2.45, 2.75) is 31.7 Å². The third-order valence-electron chi connectivity index (χ3n) is 5.63. The Morgan fingerprint density at radius 2 is 1.91 bits per heavy atom. The van der Waals surface area contributed by atoms with Gasteiger partial charge in [-0.05, 0) is 25.0 Å². The van der Waals surface area contributed by atoms with E-state index in [4.69, 9.17) is 4.42 Å². The van der Waals surface area contributed by atoms with Crippen LogP contribution < -0.4 is 0 Å².